The molecular weight excluding hydrogens is 426 g/mol. The molecule has 0 saturated carbocycles. The molecule has 2 aromatic rings. The molecule has 2 aromatic carbocycles. The highest BCUT2D eigenvalue weighted by Gasteiger charge is 2.35. The van der Waals surface area contributed by atoms with Crippen LogP contribution in [0.15, 0.2) is 46.3 Å². The molecule has 0 aliphatic carbocycles. The lowest BCUT2D eigenvalue weighted by atomic mass is 9.79. The zero-order valence-corrected chi connectivity index (χ0v) is 20.2. The van der Waals surface area contributed by atoms with Gasteiger partial charge in [-0.05, 0) is 111 Å². The van der Waals surface area contributed by atoms with Crippen LogP contribution >= 0.6 is 23.4 Å². The van der Waals surface area contributed by atoms with E-state index in [9.17, 15) is 4.79 Å². The van der Waals surface area contributed by atoms with Crippen molar-refractivity contribution in [3.63, 3.8) is 0 Å². The molecule has 6 heteroatoms. The Balaban J connectivity index is 1.66. The van der Waals surface area contributed by atoms with Gasteiger partial charge in [0.1, 0.15) is 0 Å². The molecule has 31 heavy (non-hydrogen) atoms. The summed E-state index contributed by atoms with van der Waals surface area (Å²) in [5, 5.41) is 4.12. The van der Waals surface area contributed by atoms with Crippen LogP contribution in [0.5, 0.6) is 0 Å². The van der Waals surface area contributed by atoms with E-state index in [1.807, 2.05) is 18.2 Å². The highest BCUT2D eigenvalue weighted by atomic mass is 35.5. The first-order valence-electron chi connectivity index (χ1n) is 10.7. The molecule has 2 aliphatic rings. The molecule has 1 amide bonds. The fourth-order valence-corrected chi connectivity index (χ4v) is 5.62. The van der Waals surface area contributed by atoms with Crippen molar-refractivity contribution in [2.24, 2.45) is 4.99 Å². The van der Waals surface area contributed by atoms with Crippen molar-refractivity contribution in [2.75, 3.05) is 11.4 Å². The second kappa shape index (κ2) is 8.36. The van der Waals surface area contributed by atoms with Crippen LogP contribution in [-0.2, 0) is 4.79 Å². The molecule has 4 rings (SSSR count). The molecule has 162 valence electrons. The first-order valence-corrected chi connectivity index (χ1v) is 11.8. The molecule has 1 atom stereocenters. The molecule has 0 radical (unpaired) electrons. The molecule has 2 aliphatic heterocycles. The number of hydrogen-bond donors (Lipinski definition) is 1. The van der Waals surface area contributed by atoms with Crippen molar-refractivity contribution in [3.8, 4) is 0 Å². The van der Waals surface area contributed by atoms with Crippen molar-refractivity contribution in [3.05, 3.63) is 63.0 Å². The number of fused-ring (bicyclic) bond motifs is 1. The van der Waals surface area contributed by atoms with E-state index in [0.717, 1.165) is 24.2 Å². The number of aryl methyl sites for hydroxylation is 1. The van der Waals surface area contributed by atoms with Gasteiger partial charge in [0.2, 0.25) is 0 Å². The Morgan fingerprint density at radius 2 is 2.00 bits per heavy atom. The summed E-state index contributed by atoms with van der Waals surface area (Å²) >= 11 is 7.31. The minimum atomic E-state index is -0.112. The van der Waals surface area contributed by atoms with Crippen LogP contribution in [0.3, 0.4) is 0 Å². The summed E-state index contributed by atoms with van der Waals surface area (Å²) in [5.74, 6) is 0.358. The number of nitrogens with one attached hydrogen (secondary N) is 1. The number of aliphatic imine (C=N–C) groups is 1. The van der Waals surface area contributed by atoms with Crippen LogP contribution in [-0.4, -0.2) is 23.2 Å². The molecule has 1 unspecified atom stereocenters. The van der Waals surface area contributed by atoms with Crippen molar-refractivity contribution in [1.29, 1.82) is 0 Å². The number of carbonyl (C=O) groups is 1. The maximum Gasteiger partial charge on any atom is 0.264 e. The highest BCUT2D eigenvalue weighted by molar-refractivity contribution is 8.18. The Bertz CT molecular complexity index is 1090. The van der Waals surface area contributed by atoms with Gasteiger partial charge in [0.05, 0.1) is 10.6 Å². The Labute approximate surface area is 193 Å². The summed E-state index contributed by atoms with van der Waals surface area (Å²) < 4.78 is 0. The van der Waals surface area contributed by atoms with Gasteiger partial charge in [-0.25, -0.2) is 4.99 Å². The van der Waals surface area contributed by atoms with Gasteiger partial charge >= 0.3 is 0 Å². The first-order chi connectivity index (χ1) is 14.7. The molecule has 1 saturated heterocycles. The topological polar surface area (TPSA) is 44.7 Å². The van der Waals surface area contributed by atoms with E-state index in [1.54, 1.807) is 12.1 Å². The van der Waals surface area contributed by atoms with Crippen LogP contribution in [0.25, 0.3) is 6.08 Å². The second-order valence-electron chi connectivity index (χ2n) is 8.89. The lowest BCUT2D eigenvalue weighted by Gasteiger charge is -2.47. The Hall–Kier alpha value is -2.24. The maximum atomic E-state index is 12.6. The number of anilines is 1. The summed E-state index contributed by atoms with van der Waals surface area (Å²) in [6.45, 7) is 12.3. The van der Waals surface area contributed by atoms with E-state index in [0.29, 0.717) is 21.0 Å². The summed E-state index contributed by atoms with van der Waals surface area (Å²) in [7, 11) is 0. The molecule has 1 fully saturated rings. The van der Waals surface area contributed by atoms with Gasteiger partial charge in [-0.1, -0.05) is 18.5 Å². The molecule has 0 spiro atoms. The van der Waals surface area contributed by atoms with E-state index in [2.05, 4.69) is 62.0 Å². The summed E-state index contributed by atoms with van der Waals surface area (Å²) in [6, 6.07) is 11.8. The molecule has 1 N–H and O–H groups in total. The molecule has 0 bridgehead atoms. The lowest BCUT2D eigenvalue weighted by molar-refractivity contribution is -0.115. The largest absolute Gasteiger partial charge is 0.366 e. The Morgan fingerprint density at radius 3 is 2.68 bits per heavy atom. The first kappa shape index (κ1) is 22.0. The lowest BCUT2D eigenvalue weighted by Crippen LogP contribution is -2.48. The van der Waals surface area contributed by atoms with Crippen LogP contribution in [0, 0.1) is 6.92 Å². The highest BCUT2D eigenvalue weighted by Crippen LogP contribution is 2.44. The smallest absolute Gasteiger partial charge is 0.264 e. The SMILES string of the molecule is CCN1c2cc(C)c(/C=C3\SC(=Nc4ccc(Cl)cc4)NC3=O)cc2C(C)CC1(C)C. The standard InChI is InChI=1S/C25H28ClN3OS/c1-6-29-21-11-15(2)17(12-20(21)16(3)14-25(29,4)5)13-22-23(30)28-24(31-22)27-19-9-7-18(26)8-10-19/h7-13,16H,6,14H2,1-5H3,(H,27,28,30)/b22-13-. The average molecular weight is 454 g/mol. The number of halogens is 1. The van der Waals surface area contributed by atoms with Gasteiger partial charge in [-0.2, -0.15) is 0 Å². The van der Waals surface area contributed by atoms with E-state index in [-0.39, 0.29) is 11.4 Å². The van der Waals surface area contributed by atoms with Gasteiger partial charge in [0.25, 0.3) is 5.91 Å². The summed E-state index contributed by atoms with van der Waals surface area (Å²) in [6.07, 6.45) is 3.10. The molecule has 4 nitrogen and oxygen atoms in total. The number of benzene rings is 2. The number of carbonyl (C=O) groups excluding carboxylic acids is 1. The minimum absolute atomic E-state index is 0.112. The van der Waals surface area contributed by atoms with Crippen molar-refractivity contribution >= 4 is 51.9 Å². The molecular formula is C25H28ClN3OS. The Kier molecular flexibility index (Phi) is 5.93. The number of amidine groups is 1. The van der Waals surface area contributed by atoms with Crippen molar-refractivity contribution in [1.82, 2.24) is 5.32 Å². The van der Waals surface area contributed by atoms with E-state index in [4.69, 9.17) is 11.6 Å². The third kappa shape index (κ3) is 4.39. The summed E-state index contributed by atoms with van der Waals surface area (Å²) in [5.41, 5.74) is 5.84. The Morgan fingerprint density at radius 1 is 1.29 bits per heavy atom. The van der Waals surface area contributed by atoms with Gasteiger partial charge in [0.15, 0.2) is 5.17 Å². The predicted molar refractivity (Wildman–Crippen MR) is 134 cm³/mol. The quantitative estimate of drug-likeness (QED) is 0.529. The van der Waals surface area contributed by atoms with Gasteiger partial charge in [0, 0.05) is 22.8 Å². The van der Waals surface area contributed by atoms with Crippen LogP contribution in [0.2, 0.25) is 5.02 Å². The van der Waals surface area contributed by atoms with E-state index >= 15 is 0 Å². The number of hydrogen-bond acceptors (Lipinski definition) is 4. The van der Waals surface area contributed by atoms with Crippen LogP contribution in [0.1, 0.15) is 56.7 Å². The minimum Gasteiger partial charge on any atom is -0.366 e. The van der Waals surface area contributed by atoms with E-state index in [1.165, 1.54) is 28.6 Å². The van der Waals surface area contributed by atoms with E-state index < -0.39 is 0 Å². The number of thioether (sulfide) groups is 1. The van der Waals surface area contributed by atoms with Gasteiger partial charge < -0.3 is 10.2 Å². The zero-order chi connectivity index (χ0) is 22.3. The average Bonchev–Trinajstić information content (AvgIpc) is 3.03. The third-order valence-corrected chi connectivity index (χ3v) is 7.25. The fourth-order valence-electron chi connectivity index (χ4n) is 4.66. The third-order valence-electron chi connectivity index (χ3n) is 6.08. The fraction of sp³-hybridized carbons (Fsp3) is 0.360. The number of nitrogens with zero attached hydrogens (tertiary/aromatic N) is 2. The van der Waals surface area contributed by atoms with Crippen molar-refractivity contribution < 1.29 is 4.79 Å². The van der Waals surface area contributed by atoms with Crippen LogP contribution in [0.4, 0.5) is 11.4 Å². The van der Waals surface area contributed by atoms with Gasteiger partial charge in [-0.15, -0.1) is 0 Å². The van der Waals surface area contributed by atoms with Crippen LogP contribution < -0.4 is 10.2 Å². The monoisotopic (exact) mass is 453 g/mol. The normalized spacial score (nSPS) is 22.7. The molecule has 2 heterocycles. The maximum absolute atomic E-state index is 12.6. The summed E-state index contributed by atoms with van der Waals surface area (Å²) in [4.78, 5) is 20.3. The van der Waals surface area contributed by atoms with Gasteiger partial charge in [-0.3, -0.25) is 4.79 Å². The number of amides is 1. The zero-order valence-electron chi connectivity index (χ0n) is 18.6. The molecule has 0 aromatic heterocycles. The second-order valence-corrected chi connectivity index (χ2v) is 10.4. The van der Waals surface area contributed by atoms with Crippen molar-refractivity contribution in [2.45, 2.75) is 52.5 Å². The predicted octanol–water partition coefficient (Wildman–Crippen LogP) is 6.65. The number of rotatable bonds is 3.